The Morgan fingerprint density at radius 3 is 2.71 bits per heavy atom. The summed E-state index contributed by atoms with van der Waals surface area (Å²) >= 11 is 0. The van der Waals surface area contributed by atoms with Crippen molar-refractivity contribution in [3.63, 3.8) is 0 Å². The van der Waals surface area contributed by atoms with Crippen LogP contribution >= 0.6 is 0 Å². The molecule has 0 spiro atoms. The molecule has 1 saturated carbocycles. The van der Waals surface area contributed by atoms with E-state index in [1.54, 1.807) is 0 Å². The predicted octanol–water partition coefficient (Wildman–Crippen LogP) is 2.26. The molecule has 5 nitrogen and oxygen atoms in total. The molecule has 2 fully saturated rings. The van der Waals surface area contributed by atoms with Crippen molar-refractivity contribution in [3.05, 3.63) is 17.6 Å². The summed E-state index contributed by atoms with van der Waals surface area (Å²) in [5.41, 5.74) is 0.913. The highest BCUT2D eigenvalue weighted by atomic mass is 16.5. The Balaban J connectivity index is 1.61. The molecule has 0 radical (unpaired) electrons. The molecule has 2 aliphatic rings. The first-order valence-electron chi connectivity index (χ1n) is 7.89. The molecular formula is C16H23N3O2. The average Bonchev–Trinajstić information content (AvgIpc) is 2.35. The van der Waals surface area contributed by atoms with Gasteiger partial charge in [-0.2, -0.15) is 4.98 Å². The van der Waals surface area contributed by atoms with Crippen molar-refractivity contribution in [1.82, 2.24) is 14.9 Å². The van der Waals surface area contributed by atoms with Crippen LogP contribution in [-0.4, -0.2) is 40.0 Å². The van der Waals surface area contributed by atoms with Crippen molar-refractivity contribution in [2.24, 2.45) is 5.92 Å². The summed E-state index contributed by atoms with van der Waals surface area (Å²) in [6.45, 7) is 5.37. The number of amides is 1. The molecule has 1 amide bonds. The van der Waals surface area contributed by atoms with E-state index in [1.807, 2.05) is 24.8 Å². The Labute approximate surface area is 125 Å². The van der Waals surface area contributed by atoms with Gasteiger partial charge >= 0.3 is 0 Å². The van der Waals surface area contributed by atoms with Gasteiger partial charge in [0.05, 0.1) is 6.54 Å². The lowest BCUT2D eigenvalue weighted by molar-refractivity contribution is -0.140. The minimum absolute atomic E-state index is 0.0523. The van der Waals surface area contributed by atoms with E-state index in [1.165, 1.54) is 6.42 Å². The van der Waals surface area contributed by atoms with Crippen LogP contribution in [0.25, 0.3) is 0 Å². The quantitative estimate of drug-likeness (QED) is 0.856. The van der Waals surface area contributed by atoms with Crippen LogP contribution in [0, 0.1) is 19.8 Å². The maximum atomic E-state index is 12.3. The third kappa shape index (κ3) is 3.34. The number of hydrogen-bond acceptors (Lipinski definition) is 4. The minimum atomic E-state index is 0.0523. The Kier molecular flexibility index (Phi) is 4.08. The second-order valence-corrected chi connectivity index (χ2v) is 6.19. The normalized spacial score (nSPS) is 22.8. The molecule has 0 N–H and O–H groups in total. The summed E-state index contributed by atoms with van der Waals surface area (Å²) in [5.74, 6) is 1.95. The highest BCUT2D eigenvalue weighted by molar-refractivity contribution is 5.79. The van der Waals surface area contributed by atoms with Crippen LogP contribution in [0.1, 0.15) is 43.6 Å². The van der Waals surface area contributed by atoms with E-state index in [-0.39, 0.29) is 12.0 Å². The molecule has 1 aromatic rings. The van der Waals surface area contributed by atoms with Crippen molar-refractivity contribution in [2.75, 3.05) is 13.1 Å². The number of likely N-dealkylation sites (tertiary alicyclic amines) is 1. The molecule has 1 atom stereocenters. The van der Waals surface area contributed by atoms with Gasteiger partial charge in [0.25, 0.3) is 0 Å². The molecule has 114 valence electrons. The standard InChI is InChI=1S/C16H23N3O2/c1-11-9-15(18-12(2)17-11)21-14-7-4-8-19(10-14)16(20)13-5-3-6-13/h9,13-14H,3-8,10H2,1-2H3. The fourth-order valence-electron chi connectivity index (χ4n) is 3.06. The molecular weight excluding hydrogens is 266 g/mol. The number of hydrogen-bond donors (Lipinski definition) is 0. The zero-order valence-electron chi connectivity index (χ0n) is 12.8. The molecule has 0 aromatic carbocycles. The first kappa shape index (κ1) is 14.3. The number of carbonyl (C=O) groups is 1. The summed E-state index contributed by atoms with van der Waals surface area (Å²) in [4.78, 5) is 22.9. The zero-order chi connectivity index (χ0) is 14.8. The van der Waals surface area contributed by atoms with E-state index in [0.717, 1.165) is 43.7 Å². The van der Waals surface area contributed by atoms with E-state index in [4.69, 9.17) is 4.74 Å². The van der Waals surface area contributed by atoms with E-state index in [9.17, 15) is 4.79 Å². The Bertz CT molecular complexity index is 508. The van der Waals surface area contributed by atoms with Crippen molar-refractivity contribution < 1.29 is 9.53 Å². The number of ether oxygens (including phenoxy) is 1. The van der Waals surface area contributed by atoms with Gasteiger partial charge in [0, 0.05) is 24.2 Å². The van der Waals surface area contributed by atoms with Gasteiger partial charge in [-0.3, -0.25) is 4.79 Å². The number of aryl methyl sites for hydroxylation is 2. The fourth-order valence-corrected chi connectivity index (χ4v) is 3.06. The van der Waals surface area contributed by atoms with Crippen molar-refractivity contribution in [2.45, 2.75) is 52.1 Å². The molecule has 1 aliphatic heterocycles. The number of nitrogens with zero attached hydrogens (tertiary/aromatic N) is 3. The maximum absolute atomic E-state index is 12.3. The molecule has 21 heavy (non-hydrogen) atoms. The molecule has 1 saturated heterocycles. The SMILES string of the molecule is Cc1cc(OC2CCCN(C(=O)C3CCC3)C2)nc(C)n1. The number of piperidine rings is 1. The van der Waals surface area contributed by atoms with E-state index in [0.29, 0.717) is 18.3 Å². The largest absolute Gasteiger partial charge is 0.472 e. The first-order valence-corrected chi connectivity index (χ1v) is 7.89. The monoisotopic (exact) mass is 289 g/mol. The summed E-state index contributed by atoms with van der Waals surface area (Å²) in [6.07, 6.45) is 5.36. The van der Waals surface area contributed by atoms with Crippen molar-refractivity contribution in [3.8, 4) is 5.88 Å². The fraction of sp³-hybridized carbons (Fsp3) is 0.688. The molecule has 1 aromatic heterocycles. The number of rotatable bonds is 3. The molecule has 1 aliphatic carbocycles. The lowest BCUT2D eigenvalue weighted by Crippen LogP contribution is -2.47. The van der Waals surface area contributed by atoms with Gasteiger partial charge in [0.15, 0.2) is 0 Å². The van der Waals surface area contributed by atoms with Crippen LogP contribution in [0.3, 0.4) is 0 Å². The third-order valence-electron chi connectivity index (χ3n) is 4.37. The number of aromatic nitrogens is 2. The lowest BCUT2D eigenvalue weighted by Gasteiger charge is -2.37. The topological polar surface area (TPSA) is 55.3 Å². The van der Waals surface area contributed by atoms with Crippen LogP contribution < -0.4 is 4.74 Å². The van der Waals surface area contributed by atoms with Crippen LogP contribution in [-0.2, 0) is 4.79 Å². The second-order valence-electron chi connectivity index (χ2n) is 6.19. The van der Waals surface area contributed by atoms with Crippen LogP contribution in [0.5, 0.6) is 5.88 Å². The smallest absolute Gasteiger partial charge is 0.225 e. The lowest BCUT2D eigenvalue weighted by atomic mass is 9.84. The van der Waals surface area contributed by atoms with Gasteiger partial charge < -0.3 is 9.64 Å². The molecule has 0 bridgehead atoms. The summed E-state index contributed by atoms with van der Waals surface area (Å²) in [5, 5.41) is 0. The molecule has 3 rings (SSSR count). The number of carbonyl (C=O) groups excluding carboxylic acids is 1. The van der Waals surface area contributed by atoms with Crippen LogP contribution in [0.15, 0.2) is 6.07 Å². The second kappa shape index (κ2) is 6.00. The van der Waals surface area contributed by atoms with Crippen LogP contribution in [0.2, 0.25) is 0 Å². The Morgan fingerprint density at radius 1 is 1.24 bits per heavy atom. The molecule has 2 heterocycles. The first-order chi connectivity index (χ1) is 10.1. The Morgan fingerprint density at radius 2 is 2.05 bits per heavy atom. The zero-order valence-corrected chi connectivity index (χ0v) is 12.8. The summed E-state index contributed by atoms with van der Waals surface area (Å²) < 4.78 is 5.98. The van der Waals surface area contributed by atoms with Gasteiger partial charge in [-0.05, 0) is 39.5 Å². The van der Waals surface area contributed by atoms with E-state index < -0.39 is 0 Å². The van der Waals surface area contributed by atoms with E-state index >= 15 is 0 Å². The molecule has 1 unspecified atom stereocenters. The highest BCUT2D eigenvalue weighted by Crippen LogP contribution is 2.29. The van der Waals surface area contributed by atoms with Gasteiger partial charge in [-0.1, -0.05) is 6.42 Å². The molecule has 5 heteroatoms. The van der Waals surface area contributed by atoms with Crippen LogP contribution in [0.4, 0.5) is 0 Å². The maximum Gasteiger partial charge on any atom is 0.225 e. The van der Waals surface area contributed by atoms with E-state index in [2.05, 4.69) is 9.97 Å². The predicted molar refractivity (Wildman–Crippen MR) is 79.1 cm³/mol. The van der Waals surface area contributed by atoms with Crippen molar-refractivity contribution >= 4 is 5.91 Å². The van der Waals surface area contributed by atoms with Gasteiger partial charge in [0.2, 0.25) is 11.8 Å². The van der Waals surface area contributed by atoms with Gasteiger partial charge in [0.1, 0.15) is 11.9 Å². The van der Waals surface area contributed by atoms with Crippen molar-refractivity contribution in [1.29, 1.82) is 0 Å². The minimum Gasteiger partial charge on any atom is -0.472 e. The third-order valence-corrected chi connectivity index (χ3v) is 4.37. The Hall–Kier alpha value is -1.65. The average molecular weight is 289 g/mol. The highest BCUT2D eigenvalue weighted by Gasteiger charge is 2.32. The van der Waals surface area contributed by atoms with Gasteiger partial charge in [-0.25, -0.2) is 4.98 Å². The summed E-state index contributed by atoms with van der Waals surface area (Å²) in [7, 11) is 0. The summed E-state index contributed by atoms with van der Waals surface area (Å²) in [6, 6.07) is 1.86. The van der Waals surface area contributed by atoms with Gasteiger partial charge in [-0.15, -0.1) is 0 Å².